The van der Waals surface area contributed by atoms with Gasteiger partial charge in [-0.05, 0) is 24.3 Å². The molecule has 2 aromatic rings. The van der Waals surface area contributed by atoms with Crippen molar-refractivity contribution in [2.45, 2.75) is 0 Å². The predicted molar refractivity (Wildman–Crippen MR) is 76.0 cm³/mol. The maximum atomic E-state index is 12.6. The molecule has 0 heterocycles. The molecule has 0 N–H and O–H groups in total. The lowest BCUT2D eigenvalue weighted by molar-refractivity contribution is 0.103. The number of para-hydroxylation sites is 1. The molecular weight excluding hydrogens is 256 g/mol. The smallest absolute Gasteiger partial charge is 0.197 e. The van der Waals surface area contributed by atoms with E-state index in [1.54, 1.807) is 50.6 Å². The molecule has 2 aromatic carbocycles. The largest absolute Gasteiger partial charge is 0.497 e. The van der Waals surface area contributed by atoms with E-state index in [9.17, 15) is 4.79 Å². The van der Waals surface area contributed by atoms with E-state index in [4.69, 9.17) is 14.2 Å². The van der Waals surface area contributed by atoms with Gasteiger partial charge in [0.1, 0.15) is 17.2 Å². The summed E-state index contributed by atoms with van der Waals surface area (Å²) < 4.78 is 15.6. The third-order valence-corrected chi connectivity index (χ3v) is 2.97. The highest BCUT2D eigenvalue weighted by Gasteiger charge is 2.15. The van der Waals surface area contributed by atoms with Crippen LogP contribution in [0.15, 0.2) is 42.5 Å². The van der Waals surface area contributed by atoms with Crippen molar-refractivity contribution in [2.75, 3.05) is 21.3 Å². The molecular formula is C16H16O4. The van der Waals surface area contributed by atoms with Gasteiger partial charge in [-0.25, -0.2) is 0 Å². The van der Waals surface area contributed by atoms with Crippen molar-refractivity contribution in [1.29, 1.82) is 0 Å². The number of rotatable bonds is 5. The first-order valence-corrected chi connectivity index (χ1v) is 6.10. The maximum Gasteiger partial charge on any atom is 0.197 e. The van der Waals surface area contributed by atoms with Gasteiger partial charge in [-0.3, -0.25) is 4.79 Å². The Hall–Kier alpha value is -2.49. The minimum absolute atomic E-state index is 0.139. The summed E-state index contributed by atoms with van der Waals surface area (Å²) in [6.45, 7) is 0. The first-order valence-electron chi connectivity index (χ1n) is 6.10. The SMILES string of the molecule is COc1cc(OC)cc(C(=O)c2ccccc2OC)c1. The monoisotopic (exact) mass is 272 g/mol. The van der Waals surface area contributed by atoms with Gasteiger partial charge in [0.25, 0.3) is 0 Å². The second-order valence-electron chi connectivity index (χ2n) is 4.13. The van der Waals surface area contributed by atoms with Crippen LogP contribution in [0.4, 0.5) is 0 Å². The summed E-state index contributed by atoms with van der Waals surface area (Å²) in [5.74, 6) is 1.55. The molecule has 0 fully saturated rings. The van der Waals surface area contributed by atoms with E-state index in [1.165, 1.54) is 7.11 Å². The molecule has 104 valence electrons. The highest BCUT2D eigenvalue weighted by atomic mass is 16.5. The lowest BCUT2D eigenvalue weighted by Gasteiger charge is -2.10. The predicted octanol–water partition coefficient (Wildman–Crippen LogP) is 2.94. The van der Waals surface area contributed by atoms with Gasteiger partial charge < -0.3 is 14.2 Å². The van der Waals surface area contributed by atoms with Crippen LogP contribution in [-0.4, -0.2) is 27.1 Å². The molecule has 4 nitrogen and oxygen atoms in total. The van der Waals surface area contributed by atoms with Crippen LogP contribution in [0.1, 0.15) is 15.9 Å². The molecule has 0 aliphatic carbocycles. The number of ketones is 1. The van der Waals surface area contributed by atoms with E-state index >= 15 is 0 Å². The van der Waals surface area contributed by atoms with Gasteiger partial charge in [0.05, 0.1) is 26.9 Å². The van der Waals surface area contributed by atoms with Crippen LogP contribution >= 0.6 is 0 Å². The molecule has 0 aromatic heterocycles. The van der Waals surface area contributed by atoms with Gasteiger partial charge >= 0.3 is 0 Å². The molecule has 2 rings (SSSR count). The number of benzene rings is 2. The van der Waals surface area contributed by atoms with Gasteiger partial charge in [0.15, 0.2) is 5.78 Å². The minimum atomic E-state index is -0.139. The fourth-order valence-electron chi connectivity index (χ4n) is 1.93. The number of carbonyl (C=O) groups excluding carboxylic acids is 1. The summed E-state index contributed by atoms with van der Waals surface area (Å²) in [6, 6.07) is 12.2. The first kappa shape index (κ1) is 13.9. The fourth-order valence-corrected chi connectivity index (χ4v) is 1.93. The zero-order valence-electron chi connectivity index (χ0n) is 11.7. The standard InChI is InChI=1S/C16H16O4/c1-18-12-8-11(9-13(10-12)19-2)16(17)14-6-4-5-7-15(14)20-3/h4-10H,1-3H3. The van der Waals surface area contributed by atoms with Crippen molar-refractivity contribution in [3.63, 3.8) is 0 Å². The number of ether oxygens (including phenoxy) is 3. The molecule has 0 radical (unpaired) electrons. The summed E-state index contributed by atoms with van der Waals surface area (Å²) in [5, 5.41) is 0. The van der Waals surface area contributed by atoms with Crippen LogP contribution in [0.5, 0.6) is 17.2 Å². The Bertz CT molecular complexity index is 597. The number of carbonyl (C=O) groups is 1. The molecule has 0 spiro atoms. The molecule has 0 saturated heterocycles. The first-order chi connectivity index (χ1) is 9.69. The van der Waals surface area contributed by atoms with Gasteiger partial charge in [-0.15, -0.1) is 0 Å². The minimum Gasteiger partial charge on any atom is -0.497 e. The molecule has 0 atom stereocenters. The van der Waals surface area contributed by atoms with E-state index in [1.807, 2.05) is 6.07 Å². The third kappa shape index (κ3) is 2.74. The highest BCUT2D eigenvalue weighted by molar-refractivity contribution is 6.11. The second-order valence-corrected chi connectivity index (χ2v) is 4.13. The van der Waals surface area contributed by atoms with Crippen molar-refractivity contribution >= 4 is 5.78 Å². The van der Waals surface area contributed by atoms with E-state index in [0.29, 0.717) is 28.4 Å². The van der Waals surface area contributed by atoms with Crippen LogP contribution in [0, 0.1) is 0 Å². The van der Waals surface area contributed by atoms with Gasteiger partial charge in [-0.2, -0.15) is 0 Å². The zero-order chi connectivity index (χ0) is 14.5. The zero-order valence-corrected chi connectivity index (χ0v) is 11.7. The van der Waals surface area contributed by atoms with Crippen molar-refractivity contribution < 1.29 is 19.0 Å². The number of methoxy groups -OCH3 is 3. The molecule has 0 aliphatic heterocycles. The molecule has 0 bridgehead atoms. The fraction of sp³-hybridized carbons (Fsp3) is 0.188. The van der Waals surface area contributed by atoms with Gasteiger partial charge in [0.2, 0.25) is 0 Å². The Morgan fingerprint density at radius 1 is 0.850 bits per heavy atom. The van der Waals surface area contributed by atoms with Crippen molar-refractivity contribution in [1.82, 2.24) is 0 Å². The van der Waals surface area contributed by atoms with Gasteiger partial charge in [0, 0.05) is 11.6 Å². The highest BCUT2D eigenvalue weighted by Crippen LogP contribution is 2.27. The Morgan fingerprint density at radius 2 is 1.45 bits per heavy atom. The van der Waals surface area contributed by atoms with Crippen LogP contribution < -0.4 is 14.2 Å². The van der Waals surface area contributed by atoms with E-state index in [0.717, 1.165) is 0 Å². The average molecular weight is 272 g/mol. The number of hydrogen-bond acceptors (Lipinski definition) is 4. The molecule has 0 unspecified atom stereocenters. The van der Waals surface area contributed by atoms with E-state index in [2.05, 4.69) is 0 Å². The lowest BCUT2D eigenvalue weighted by atomic mass is 10.0. The second kappa shape index (κ2) is 6.10. The van der Waals surface area contributed by atoms with Gasteiger partial charge in [-0.1, -0.05) is 12.1 Å². The average Bonchev–Trinajstić information content (AvgIpc) is 2.53. The van der Waals surface area contributed by atoms with Crippen LogP contribution in [0.2, 0.25) is 0 Å². The van der Waals surface area contributed by atoms with Crippen LogP contribution in [0.3, 0.4) is 0 Å². The Kier molecular flexibility index (Phi) is 4.25. The maximum absolute atomic E-state index is 12.6. The van der Waals surface area contributed by atoms with E-state index < -0.39 is 0 Å². The Morgan fingerprint density at radius 3 is 2.00 bits per heavy atom. The quantitative estimate of drug-likeness (QED) is 0.785. The topological polar surface area (TPSA) is 44.8 Å². The molecule has 4 heteroatoms. The van der Waals surface area contributed by atoms with Crippen LogP contribution in [0.25, 0.3) is 0 Å². The Balaban J connectivity index is 2.47. The molecule has 0 saturated carbocycles. The third-order valence-electron chi connectivity index (χ3n) is 2.97. The summed E-state index contributed by atoms with van der Waals surface area (Å²) in [5.41, 5.74) is 0.996. The molecule has 0 amide bonds. The van der Waals surface area contributed by atoms with Crippen molar-refractivity contribution in [3.8, 4) is 17.2 Å². The Labute approximate surface area is 117 Å². The summed E-state index contributed by atoms with van der Waals surface area (Å²) in [6.07, 6.45) is 0. The summed E-state index contributed by atoms with van der Waals surface area (Å²) in [7, 11) is 4.64. The normalized spacial score (nSPS) is 9.95. The van der Waals surface area contributed by atoms with Crippen LogP contribution in [-0.2, 0) is 0 Å². The summed E-state index contributed by atoms with van der Waals surface area (Å²) in [4.78, 5) is 12.6. The van der Waals surface area contributed by atoms with E-state index in [-0.39, 0.29) is 5.78 Å². The summed E-state index contributed by atoms with van der Waals surface area (Å²) >= 11 is 0. The number of hydrogen-bond donors (Lipinski definition) is 0. The van der Waals surface area contributed by atoms with Crippen molar-refractivity contribution in [3.05, 3.63) is 53.6 Å². The molecule has 0 aliphatic rings. The van der Waals surface area contributed by atoms with Crippen molar-refractivity contribution in [2.24, 2.45) is 0 Å². The lowest BCUT2D eigenvalue weighted by Crippen LogP contribution is -2.04. The molecule has 20 heavy (non-hydrogen) atoms.